The van der Waals surface area contributed by atoms with E-state index < -0.39 is 17.1 Å². The van der Waals surface area contributed by atoms with Crippen molar-refractivity contribution in [3.63, 3.8) is 0 Å². The zero-order valence-corrected chi connectivity index (χ0v) is 21.8. The molecule has 4 rings (SSSR count). The van der Waals surface area contributed by atoms with Crippen LogP contribution in [0.2, 0.25) is 10.0 Å². The number of nitrogens with one attached hydrogen (secondary N) is 1. The van der Waals surface area contributed by atoms with Gasteiger partial charge in [-0.15, -0.1) is 0 Å². The average Bonchev–Trinajstić information content (AvgIpc) is 3.08. The number of imide groups is 1. The van der Waals surface area contributed by atoms with Gasteiger partial charge in [0.2, 0.25) is 5.91 Å². The maximum absolute atomic E-state index is 13.0. The number of hydrogen-bond acceptors (Lipinski definition) is 5. The van der Waals surface area contributed by atoms with Crippen LogP contribution in [0.25, 0.3) is 6.08 Å². The summed E-state index contributed by atoms with van der Waals surface area (Å²) in [6, 6.07) is 17.9. The van der Waals surface area contributed by atoms with Gasteiger partial charge in [0.15, 0.2) is 0 Å². The van der Waals surface area contributed by atoms with Gasteiger partial charge in [-0.2, -0.15) is 0 Å². The Balaban J connectivity index is 1.48. The molecule has 1 N–H and O–H groups in total. The van der Waals surface area contributed by atoms with Gasteiger partial charge < -0.3 is 10.1 Å². The number of benzene rings is 3. The fraction of sp³-hybridized carbons (Fsp3) is 0.148. The molecule has 184 valence electrons. The van der Waals surface area contributed by atoms with Gasteiger partial charge in [0.25, 0.3) is 11.1 Å². The Morgan fingerprint density at radius 2 is 1.81 bits per heavy atom. The van der Waals surface area contributed by atoms with Crippen LogP contribution >= 0.6 is 35.0 Å². The van der Waals surface area contributed by atoms with E-state index in [-0.39, 0.29) is 18.1 Å². The Morgan fingerprint density at radius 1 is 1.03 bits per heavy atom. The summed E-state index contributed by atoms with van der Waals surface area (Å²) in [5.41, 5.74) is 4.00. The third kappa shape index (κ3) is 6.29. The van der Waals surface area contributed by atoms with Crippen LogP contribution in [0.4, 0.5) is 10.5 Å². The molecule has 0 spiro atoms. The fourth-order valence-electron chi connectivity index (χ4n) is 3.62. The standard InChI is InChI=1S/C27H22Cl2N2O4S/c1-16-6-8-22(17(2)10-16)30-25(32)14-31-26(33)24(36-27(31)34)13-19-12-21(29)7-9-23(19)35-15-18-4-3-5-20(28)11-18/h3-13H,14-15H2,1-2H3,(H,30,32)/b24-13+. The predicted octanol–water partition coefficient (Wildman–Crippen LogP) is 6.86. The molecule has 3 amide bonds. The quantitative estimate of drug-likeness (QED) is 0.331. The molecule has 3 aromatic rings. The van der Waals surface area contributed by atoms with Crippen molar-refractivity contribution >= 4 is 63.8 Å². The van der Waals surface area contributed by atoms with Crippen molar-refractivity contribution in [1.29, 1.82) is 0 Å². The first-order valence-corrected chi connectivity index (χ1v) is 12.6. The third-order valence-electron chi connectivity index (χ3n) is 5.37. The largest absolute Gasteiger partial charge is 0.488 e. The number of rotatable bonds is 7. The van der Waals surface area contributed by atoms with Crippen LogP contribution in [-0.2, 0) is 16.2 Å². The molecular weight excluding hydrogens is 519 g/mol. The Hall–Kier alpha value is -3.26. The number of amides is 3. The van der Waals surface area contributed by atoms with Crippen molar-refractivity contribution < 1.29 is 19.1 Å². The van der Waals surface area contributed by atoms with E-state index in [0.29, 0.717) is 27.0 Å². The molecule has 1 heterocycles. The van der Waals surface area contributed by atoms with Crippen LogP contribution in [0.3, 0.4) is 0 Å². The summed E-state index contributed by atoms with van der Waals surface area (Å²) in [5.74, 6) is -0.529. The third-order valence-corrected chi connectivity index (χ3v) is 6.75. The van der Waals surface area contributed by atoms with E-state index >= 15 is 0 Å². The van der Waals surface area contributed by atoms with Gasteiger partial charge in [-0.1, -0.05) is 53.0 Å². The van der Waals surface area contributed by atoms with Gasteiger partial charge in [0, 0.05) is 21.3 Å². The number of aryl methyl sites for hydroxylation is 2. The molecule has 36 heavy (non-hydrogen) atoms. The highest BCUT2D eigenvalue weighted by Crippen LogP contribution is 2.35. The minimum atomic E-state index is -0.554. The van der Waals surface area contributed by atoms with Gasteiger partial charge in [-0.05, 0) is 79.2 Å². The molecule has 0 saturated carbocycles. The second kappa shape index (κ2) is 11.2. The molecule has 3 aromatic carbocycles. The van der Waals surface area contributed by atoms with Crippen LogP contribution < -0.4 is 10.1 Å². The van der Waals surface area contributed by atoms with Gasteiger partial charge in [-0.3, -0.25) is 19.3 Å². The van der Waals surface area contributed by atoms with E-state index in [1.165, 1.54) is 0 Å². The number of carbonyl (C=O) groups excluding carboxylic acids is 3. The minimum absolute atomic E-state index is 0.175. The van der Waals surface area contributed by atoms with Crippen molar-refractivity contribution in [1.82, 2.24) is 4.90 Å². The maximum Gasteiger partial charge on any atom is 0.294 e. The molecule has 6 nitrogen and oxygen atoms in total. The smallest absolute Gasteiger partial charge is 0.294 e. The number of nitrogens with zero attached hydrogens (tertiary/aromatic N) is 1. The van der Waals surface area contributed by atoms with Crippen molar-refractivity contribution in [2.24, 2.45) is 0 Å². The summed E-state index contributed by atoms with van der Waals surface area (Å²) in [7, 11) is 0. The molecule has 0 unspecified atom stereocenters. The number of anilines is 1. The van der Waals surface area contributed by atoms with Crippen LogP contribution in [0.1, 0.15) is 22.3 Å². The maximum atomic E-state index is 13.0. The van der Waals surface area contributed by atoms with Gasteiger partial charge in [0.05, 0.1) is 4.91 Å². The lowest BCUT2D eigenvalue weighted by Crippen LogP contribution is -2.36. The second-order valence-electron chi connectivity index (χ2n) is 8.24. The van der Waals surface area contributed by atoms with Crippen molar-refractivity contribution in [2.75, 3.05) is 11.9 Å². The summed E-state index contributed by atoms with van der Waals surface area (Å²) >= 11 is 13.0. The highest BCUT2D eigenvalue weighted by atomic mass is 35.5. The SMILES string of the molecule is Cc1ccc(NC(=O)CN2C(=O)S/C(=C/c3cc(Cl)ccc3OCc3cccc(Cl)c3)C2=O)c(C)c1. The molecule has 0 aliphatic carbocycles. The molecule has 1 aliphatic rings. The summed E-state index contributed by atoms with van der Waals surface area (Å²) < 4.78 is 5.94. The van der Waals surface area contributed by atoms with E-state index in [2.05, 4.69) is 5.32 Å². The zero-order valence-electron chi connectivity index (χ0n) is 19.5. The lowest BCUT2D eigenvalue weighted by atomic mass is 10.1. The van der Waals surface area contributed by atoms with Gasteiger partial charge >= 0.3 is 0 Å². The average molecular weight is 541 g/mol. The van der Waals surface area contributed by atoms with Crippen molar-refractivity contribution in [3.8, 4) is 5.75 Å². The lowest BCUT2D eigenvalue weighted by molar-refractivity contribution is -0.127. The highest BCUT2D eigenvalue weighted by Gasteiger charge is 2.36. The molecular formula is C27H22Cl2N2O4S. The van der Waals surface area contributed by atoms with E-state index in [9.17, 15) is 14.4 Å². The summed E-state index contributed by atoms with van der Waals surface area (Å²) in [6.07, 6.45) is 1.55. The number of ether oxygens (including phenoxy) is 1. The minimum Gasteiger partial charge on any atom is -0.488 e. The van der Waals surface area contributed by atoms with E-state index in [0.717, 1.165) is 33.4 Å². The topological polar surface area (TPSA) is 75.7 Å². The number of thioether (sulfide) groups is 1. The lowest BCUT2D eigenvalue weighted by Gasteiger charge is -2.14. The summed E-state index contributed by atoms with van der Waals surface area (Å²) in [6.45, 7) is 3.70. The van der Waals surface area contributed by atoms with E-state index in [1.807, 2.05) is 38.1 Å². The molecule has 9 heteroatoms. The van der Waals surface area contributed by atoms with Gasteiger partial charge in [0.1, 0.15) is 18.9 Å². The first kappa shape index (κ1) is 25.8. The number of carbonyl (C=O) groups is 3. The Morgan fingerprint density at radius 3 is 2.56 bits per heavy atom. The normalized spacial score (nSPS) is 14.4. The fourth-order valence-corrected chi connectivity index (χ4v) is 4.84. The molecule has 1 saturated heterocycles. The summed E-state index contributed by atoms with van der Waals surface area (Å²) in [4.78, 5) is 39.2. The first-order valence-electron chi connectivity index (χ1n) is 11.0. The Kier molecular flexibility index (Phi) is 8.04. The van der Waals surface area contributed by atoms with E-state index in [1.54, 1.807) is 42.5 Å². The monoisotopic (exact) mass is 540 g/mol. The molecule has 0 atom stereocenters. The first-order chi connectivity index (χ1) is 17.2. The van der Waals surface area contributed by atoms with Gasteiger partial charge in [-0.25, -0.2) is 0 Å². The van der Waals surface area contributed by atoms with Crippen LogP contribution in [0, 0.1) is 13.8 Å². The second-order valence-corrected chi connectivity index (χ2v) is 10.1. The molecule has 0 bridgehead atoms. The van der Waals surface area contributed by atoms with Crippen LogP contribution in [0.5, 0.6) is 5.75 Å². The number of hydrogen-bond donors (Lipinski definition) is 1. The zero-order chi connectivity index (χ0) is 25.8. The highest BCUT2D eigenvalue weighted by molar-refractivity contribution is 8.18. The van der Waals surface area contributed by atoms with Crippen LogP contribution in [0.15, 0.2) is 65.6 Å². The Labute approximate surface area is 223 Å². The van der Waals surface area contributed by atoms with Crippen molar-refractivity contribution in [3.05, 3.63) is 97.9 Å². The molecule has 1 fully saturated rings. The predicted molar refractivity (Wildman–Crippen MR) is 144 cm³/mol. The van der Waals surface area contributed by atoms with Crippen LogP contribution in [-0.4, -0.2) is 28.5 Å². The summed E-state index contributed by atoms with van der Waals surface area (Å²) in [5, 5.41) is 3.29. The molecule has 0 radical (unpaired) electrons. The number of halogens is 2. The Bertz CT molecular complexity index is 1390. The molecule has 1 aliphatic heterocycles. The van der Waals surface area contributed by atoms with E-state index in [4.69, 9.17) is 27.9 Å². The van der Waals surface area contributed by atoms with Crippen molar-refractivity contribution in [2.45, 2.75) is 20.5 Å². The molecule has 0 aromatic heterocycles.